The largest absolute Gasteiger partial charge is 0.447 e. The SMILES string of the molecule is O=C1CCC2CN(C(=O)C3(c4cnco4)CC3)CC2N1. The molecule has 3 heterocycles. The first-order chi connectivity index (χ1) is 9.69. The number of amides is 2. The number of nitrogens with one attached hydrogen (secondary N) is 1. The number of hydrogen-bond donors (Lipinski definition) is 1. The summed E-state index contributed by atoms with van der Waals surface area (Å²) in [5.74, 6) is 1.33. The number of aromatic nitrogens is 1. The van der Waals surface area contributed by atoms with E-state index in [0.29, 0.717) is 24.6 Å². The molecule has 2 unspecified atom stereocenters. The monoisotopic (exact) mass is 275 g/mol. The lowest BCUT2D eigenvalue weighted by Crippen LogP contribution is -2.45. The van der Waals surface area contributed by atoms with Crippen LogP contribution in [0.4, 0.5) is 0 Å². The first-order valence-corrected chi connectivity index (χ1v) is 7.17. The number of rotatable bonds is 2. The Morgan fingerprint density at radius 2 is 2.30 bits per heavy atom. The summed E-state index contributed by atoms with van der Waals surface area (Å²) in [5, 5.41) is 3.00. The highest BCUT2D eigenvalue weighted by molar-refractivity contribution is 5.91. The van der Waals surface area contributed by atoms with Crippen molar-refractivity contribution in [3.8, 4) is 0 Å². The van der Waals surface area contributed by atoms with Gasteiger partial charge in [-0.05, 0) is 25.2 Å². The highest BCUT2D eigenvalue weighted by Gasteiger charge is 2.57. The molecular weight excluding hydrogens is 258 g/mol. The zero-order chi connectivity index (χ0) is 13.7. The van der Waals surface area contributed by atoms with Gasteiger partial charge in [-0.3, -0.25) is 9.59 Å². The highest BCUT2D eigenvalue weighted by atomic mass is 16.3. The molecule has 2 saturated heterocycles. The Kier molecular flexibility index (Phi) is 2.43. The quantitative estimate of drug-likeness (QED) is 0.850. The summed E-state index contributed by atoms with van der Waals surface area (Å²) in [6, 6.07) is 0.130. The van der Waals surface area contributed by atoms with Gasteiger partial charge in [-0.25, -0.2) is 4.98 Å². The zero-order valence-corrected chi connectivity index (χ0v) is 11.2. The summed E-state index contributed by atoms with van der Waals surface area (Å²) in [7, 11) is 0. The van der Waals surface area contributed by atoms with Gasteiger partial charge in [-0.1, -0.05) is 0 Å². The van der Waals surface area contributed by atoms with Crippen LogP contribution in [-0.2, 0) is 15.0 Å². The van der Waals surface area contributed by atoms with Gasteiger partial charge >= 0.3 is 0 Å². The third-order valence-electron chi connectivity index (χ3n) is 4.88. The van der Waals surface area contributed by atoms with Crippen molar-refractivity contribution in [3.05, 3.63) is 18.4 Å². The third-order valence-corrected chi connectivity index (χ3v) is 4.88. The van der Waals surface area contributed by atoms with Crippen LogP contribution in [0, 0.1) is 5.92 Å². The molecule has 1 N–H and O–H groups in total. The number of carbonyl (C=O) groups is 2. The van der Waals surface area contributed by atoms with Crippen LogP contribution in [-0.4, -0.2) is 40.8 Å². The van der Waals surface area contributed by atoms with Crippen LogP contribution < -0.4 is 5.32 Å². The second-order valence-electron chi connectivity index (χ2n) is 6.13. The van der Waals surface area contributed by atoms with E-state index in [-0.39, 0.29) is 17.9 Å². The Morgan fingerprint density at radius 1 is 1.45 bits per heavy atom. The summed E-state index contributed by atoms with van der Waals surface area (Å²) < 4.78 is 5.35. The average molecular weight is 275 g/mol. The maximum Gasteiger partial charge on any atom is 0.236 e. The van der Waals surface area contributed by atoms with Crippen LogP contribution in [0.5, 0.6) is 0 Å². The predicted molar refractivity (Wildman–Crippen MR) is 68.6 cm³/mol. The Labute approximate surface area is 116 Å². The van der Waals surface area contributed by atoms with Crippen molar-refractivity contribution in [1.29, 1.82) is 0 Å². The molecule has 0 spiro atoms. The molecule has 1 aromatic rings. The van der Waals surface area contributed by atoms with Gasteiger partial charge in [-0.2, -0.15) is 0 Å². The maximum absolute atomic E-state index is 12.8. The third kappa shape index (κ3) is 1.67. The topological polar surface area (TPSA) is 75.4 Å². The summed E-state index contributed by atoms with van der Waals surface area (Å²) >= 11 is 0. The van der Waals surface area contributed by atoms with Gasteiger partial charge in [-0.15, -0.1) is 0 Å². The van der Waals surface area contributed by atoms with Crippen LogP contribution in [0.3, 0.4) is 0 Å². The molecule has 106 valence electrons. The Hall–Kier alpha value is -1.85. The minimum Gasteiger partial charge on any atom is -0.447 e. The van der Waals surface area contributed by atoms with Gasteiger partial charge in [0.2, 0.25) is 11.8 Å². The van der Waals surface area contributed by atoms with Crippen LogP contribution >= 0.6 is 0 Å². The number of nitrogens with zero attached hydrogens (tertiary/aromatic N) is 2. The fourth-order valence-electron chi connectivity index (χ4n) is 3.53. The minimum atomic E-state index is -0.478. The molecule has 6 nitrogen and oxygen atoms in total. The number of carbonyl (C=O) groups excluding carboxylic acids is 2. The van der Waals surface area contributed by atoms with Crippen LogP contribution in [0.25, 0.3) is 0 Å². The van der Waals surface area contributed by atoms with Crippen LogP contribution in [0.1, 0.15) is 31.4 Å². The van der Waals surface area contributed by atoms with E-state index in [1.807, 2.05) is 4.90 Å². The Morgan fingerprint density at radius 3 is 3.00 bits per heavy atom. The highest BCUT2D eigenvalue weighted by Crippen LogP contribution is 2.50. The van der Waals surface area contributed by atoms with E-state index in [0.717, 1.165) is 25.8 Å². The van der Waals surface area contributed by atoms with Crippen LogP contribution in [0.2, 0.25) is 0 Å². The molecule has 2 amide bonds. The summed E-state index contributed by atoms with van der Waals surface area (Å²) in [4.78, 5) is 30.0. The number of piperidine rings is 1. The van der Waals surface area contributed by atoms with E-state index in [1.165, 1.54) is 6.39 Å². The second kappa shape index (κ2) is 4.07. The predicted octanol–water partition coefficient (Wildman–Crippen LogP) is 0.443. The lowest BCUT2D eigenvalue weighted by atomic mass is 9.94. The van der Waals surface area contributed by atoms with Gasteiger partial charge in [0.25, 0.3) is 0 Å². The average Bonchev–Trinajstić information content (AvgIpc) is 2.90. The van der Waals surface area contributed by atoms with Crippen molar-refractivity contribution in [2.24, 2.45) is 5.92 Å². The summed E-state index contributed by atoms with van der Waals surface area (Å²) in [6.45, 7) is 1.38. The molecule has 0 aromatic carbocycles. The van der Waals surface area contributed by atoms with E-state index < -0.39 is 5.41 Å². The van der Waals surface area contributed by atoms with Crippen molar-refractivity contribution in [1.82, 2.24) is 15.2 Å². The van der Waals surface area contributed by atoms with E-state index in [1.54, 1.807) is 6.20 Å². The molecule has 2 atom stereocenters. The van der Waals surface area contributed by atoms with Gasteiger partial charge in [0, 0.05) is 19.5 Å². The zero-order valence-electron chi connectivity index (χ0n) is 11.2. The molecule has 2 aliphatic heterocycles. The Bertz CT molecular complexity index is 550. The molecule has 1 aliphatic carbocycles. The van der Waals surface area contributed by atoms with E-state index in [4.69, 9.17) is 4.42 Å². The number of fused-ring (bicyclic) bond motifs is 1. The second-order valence-corrected chi connectivity index (χ2v) is 6.13. The van der Waals surface area contributed by atoms with E-state index in [9.17, 15) is 9.59 Å². The molecule has 6 heteroatoms. The summed E-state index contributed by atoms with van der Waals surface area (Å²) in [5.41, 5.74) is -0.478. The van der Waals surface area contributed by atoms with E-state index in [2.05, 4.69) is 10.3 Å². The number of likely N-dealkylation sites (tertiary alicyclic amines) is 1. The Balaban J connectivity index is 1.52. The summed E-state index contributed by atoms with van der Waals surface area (Å²) in [6.07, 6.45) is 6.16. The molecular formula is C14H17N3O3. The standard InChI is InChI=1S/C14H17N3O3/c18-12-2-1-9-6-17(7-10(9)16-12)13(19)14(3-4-14)11-5-15-8-20-11/h5,8-10H,1-4,6-7H2,(H,16,18). The van der Waals surface area contributed by atoms with Gasteiger partial charge in [0.1, 0.15) is 11.2 Å². The van der Waals surface area contributed by atoms with Crippen molar-refractivity contribution >= 4 is 11.8 Å². The molecule has 20 heavy (non-hydrogen) atoms. The fraction of sp³-hybridized carbons (Fsp3) is 0.643. The maximum atomic E-state index is 12.8. The first kappa shape index (κ1) is 11.9. The van der Waals surface area contributed by atoms with Crippen molar-refractivity contribution in [2.45, 2.75) is 37.1 Å². The number of oxazole rings is 1. The molecule has 1 aromatic heterocycles. The molecule has 4 rings (SSSR count). The lowest BCUT2D eigenvalue weighted by Gasteiger charge is -2.24. The van der Waals surface area contributed by atoms with Gasteiger partial charge in [0.15, 0.2) is 6.39 Å². The molecule has 3 fully saturated rings. The van der Waals surface area contributed by atoms with E-state index >= 15 is 0 Å². The molecule has 0 radical (unpaired) electrons. The van der Waals surface area contributed by atoms with Gasteiger partial charge < -0.3 is 14.6 Å². The first-order valence-electron chi connectivity index (χ1n) is 7.17. The van der Waals surface area contributed by atoms with Crippen molar-refractivity contribution in [3.63, 3.8) is 0 Å². The van der Waals surface area contributed by atoms with Gasteiger partial charge in [0.05, 0.1) is 12.2 Å². The minimum absolute atomic E-state index is 0.108. The van der Waals surface area contributed by atoms with Crippen molar-refractivity contribution < 1.29 is 14.0 Å². The lowest BCUT2D eigenvalue weighted by molar-refractivity contribution is -0.133. The smallest absolute Gasteiger partial charge is 0.236 e. The molecule has 1 saturated carbocycles. The van der Waals surface area contributed by atoms with Crippen LogP contribution in [0.15, 0.2) is 17.0 Å². The normalized spacial score (nSPS) is 30.8. The van der Waals surface area contributed by atoms with Crippen molar-refractivity contribution in [2.75, 3.05) is 13.1 Å². The molecule has 3 aliphatic rings. The number of hydrogen-bond acceptors (Lipinski definition) is 4. The fourth-order valence-corrected chi connectivity index (χ4v) is 3.53. The molecule has 0 bridgehead atoms.